The molecular formula is C53H72N4Na2O12. The molecular weight excluding hydrogens is 931 g/mol. The molecule has 0 saturated heterocycles. The summed E-state index contributed by atoms with van der Waals surface area (Å²) in [7, 11) is 0. The number of carbonyl (C=O) groups excluding carboxylic acids is 5. The zero-order valence-electron chi connectivity index (χ0n) is 43.8. The number of rotatable bonds is 24. The zero-order chi connectivity index (χ0) is 51.7. The molecule has 1 aliphatic carbocycles. The molecule has 2 atom stereocenters. The molecule has 0 aromatic heterocycles. The second-order valence-corrected chi connectivity index (χ2v) is 18.2. The van der Waals surface area contributed by atoms with Gasteiger partial charge in [0.2, 0.25) is 6.29 Å². The molecule has 1 heterocycles. The topological polar surface area (TPSA) is 236 Å². The summed E-state index contributed by atoms with van der Waals surface area (Å²) in [5.41, 5.74) is 5.61. The SMILES string of the molecule is CC(C=CC=C(C)C=CC1=C(C)OC(OC(=O)CNC(=O)NCCCC(=O)O)CC1(C)C)=CC=CC=C(C)C=CC=C(C)C=CC1=C(C)C(=O)C(OC(=O)CNC(=O)NCCCC(=O)O)CC1(C)C.[Na].[Na]. The number of hydrogen-bond acceptors (Lipinski definition) is 10. The van der Waals surface area contributed by atoms with Crippen LogP contribution in [0.15, 0.2) is 130 Å². The van der Waals surface area contributed by atoms with Gasteiger partial charge in [-0.1, -0.05) is 135 Å². The Hall–Kier alpha value is -4.97. The van der Waals surface area contributed by atoms with Crippen LogP contribution in [-0.2, 0) is 38.2 Å². The summed E-state index contributed by atoms with van der Waals surface area (Å²) in [6.45, 7) is 19.1. The molecule has 378 valence electrons. The van der Waals surface area contributed by atoms with E-state index in [2.05, 4.69) is 21.3 Å². The Morgan fingerprint density at radius 2 is 1.01 bits per heavy atom. The second-order valence-electron chi connectivity index (χ2n) is 18.2. The van der Waals surface area contributed by atoms with E-state index in [1.807, 2.05) is 147 Å². The largest absolute Gasteiger partial charge is 0.481 e. The number of carboxylic acids is 2. The predicted molar refractivity (Wildman–Crippen MR) is 277 cm³/mol. The van der Waals surface area contributed by atoms with Crippen LogP contribution in [0.4, 0.5) is 9.59 Å². The third kappa shape index (κ3) is 26.9. The Balaban J connectivity index is 0.0000245. The summed E-state index contributed by atoms with van der Waals surface area (Å²) in [6.07, 6.45) is 27.1. The maximum atomic E-state index is 13.2. The summed E-state index contributed by atoms with van der Waals surface area (Å²) < 4.78 is 16.9. The van der Waals surface area contributed by atoms with Crippen LogP contribution >= 0.6 is 0 Å². The number of ether oxygens (including phenoxy) is 3. The van der Waals surface area contributed by atoms with Crippen molar-refractivity contribution < 1.29 is 58.0 Å². The number of carboxylic acid groups (broad SMARTS) is 2. The van der Waals surface area contributed by atoms with Gasteiger partial charge in [0.05, 0.1) is 0 Å². The number of nitrogens with one attached hydrogen (secondary N) is 4. The molecule has 2 aliphatic rings. The van der Waals surface area contributed by atoms with E-state index in [4.69, 9.17) is 24.4 Å². The fraction of sp³-hybridized carbons (Fsp3) is 0.453. The summed E-state index contributed by atoms with van der Waals surface area (Å²) in [4.78, 5) is 83.0. The van der Waals surface area contributed by atoms with Crippen LogP contribution in [0.3, 0.4) is 0 Å². The summed E-state index contributed by atoms with van der Waals surface area (Å²) in [5.74, 6) is -2.96. The normalized spacial score (nSPS) is 18.6. The van der Waals surface area contributed by atoms with E-state index in [1.165, 1.54) is 0 Å². The molecule has 2 rings (SSSR count). The Kier molecular flexibility index (Phi) is 31.3. The van der Waals surface area contributed by atoms with Crippen LogP contribution in [0.2, 0.25) is 0 Å². The summed E-state index contributed by atoms with van der Waals surface area (Å²) in [6, 6.07) is -1.22. The zero-order valence-corrected chi connectivity index (χ0v) is 47.8. The molecule has 0 aromatic rings. The van der Waals surface area contributed by atoms with E-state index < -0.39 is 60.3 Å². The van der Waals surface area contributed by atoms with Gasteiger partial charge in [0.15, 0.2) is 11.9 Å². The third-order valence-corrected chi connectivity index (χ3v) is 10.9. The predicted octanol–water partition coefficient (Wildman–Crippen LogP) is 7.94. The minimum atomic E-state index is -0.974. The first-order chi connectivity index (χ1) is 32.4. The number of ketones is 1. The number of amides is 4. The van der Waals surface area contributed by atoms with Crippen molar-refractivity contribution in [2.24, 2.45) is 10.8 Å². The smallest absolute Gasteiger partial charge is 0.328 e. The first-order valence-corrected chi connectivity index (χ1v) is 23.0. The maximum absolute atomic E-state index is 13.2. The number of carbonyl (C=O) groups is 7. The van der Waals surface area contributed by atoms with Gasteiger partial charge in [-0.05, 0) is 76.5 Å². The number of esters is 2. The van der Waals surface area contributed by atoms with E-state index in [-0.39, 0.29) is 122 Å². The number of allylic oxidation sites excluding steroid dienone is 21. The van der Waals surface area contributed by atoms with Crippen molar-refractivity contribution in [3.05, 3.63) is 130 Å². The average molecular weight is 1000 g/mol. The Bertz CT molecular complexity index is 2260. The van der Waals surface area contributed by atoms with Gasteiger partial charge in [-0.3, -0.25) is 24.0 Å². The van der Waals surface area contributed by atoms with Gasteiger partial charge < -0.3 is 45.7 Å². The minimum Gasteiger partial charge on any atom is -0.481 e. The van der Waals surface area contributed by atoms with Gasteiger partial charge in [0.25, 0.3) is 0 Å². The van der Waals surface area contributed by atoms with Crippen molar-refractivity contribution in [3.8, 4) is 0 Å². The first-order valence-electron chi connectivity index (χ1n) is 23.0. The van der Waals surface area contributed by atoms with Crippen LogP contribution in [0.5, 0.6) is 0 Å². The molecule has 0 aromatic carbocycles. The summed E-state index contributed by atoms with van der Waals surface area (Å²) >= 11 is 0. The maximum Gasteiger partial charge on any atom is 0.328 e. The Labute approximate surface area is 463 Å². The van der Waals surface area contributed by atoms with Crippen molar-refractivity contribution >= 4 is 101 Å². The van der Waals surface area contributed by atoms with Crippen molar-refractivity contribution in [2.75, 3.05) is 26.2 Å². The second kappa shape index (κ2) is 33.6. The monoisotopic (exact) mass is 1000 g/mol. The molecule has 71 heavy (non-hydrogen) atoms. The molecule has 2 unspecified atom stereocenters. The standard InChI is InChI=1S/C53H72N4O12.2Na/c1-35(19-13-21-37(3)25-27-41-39(5)49(64)43(31-52(41,7)8)68-46(62)33-56-50(65)54-29-15-23-44(58)59)17-11-12-18-36(2)20-14-22-38(4)26-28-42-40(6)67-48(32-53(42,9)10)69-47(63)34-57-51(66)55-30-16-24-45(60)61;;/h11-14,17-22,25-28,43,48H,15-16,23-24,29-34H2,1-10H3,(H,58,59)(H,60,61)(H2,54,56,65)(H2,55,57,66);;. The van der Waals surface area contributed by atoms with Gasteiger partial charge >= 0.3 is 35.9 Å². The number of hydrogen-bond donors (Lipinski definition) is 6. The molecule has 0 spiro atoms. The van der Waals surface area contributed by atoms with Crippen molar-refractivity contribution in [2.45, 2.75) is 120 Å². The fourth-order valence-electron chi connectivity index (χ4n) is 7.18. The quantitative estimate of drug-likeness (QED) is 0.0234. The molecule has 0 saturated carbocycles. The van der Waals surface area contributed by atoms with E-state index in [0.29, 0.717) is 17.8 Å². The van der Waals surface area contributed by atoms with Crippen LogP contribution < -0.4 is 21.3 Å². The van der Waals surface area contributed by atoms with E-state index in [9.17, 15) is 33.6 Å². The molecule has 18 heteroatoms. The first kappa shape index (κ1) is 66.0. The van der Waals surface area contributed by atoms with Gasteiger partial charge in [-0.2, -0.15) is 0 Å². The molecule has 4 amide bonds. The van der Waals surface area contributed by atoms with Gasteiger partial charge in [-0.25, -0.2) is 9.59 Å². The molecule has 16 nitrogen and oxygen atoms in total. The third-order valence-electron chi connectivity index (χ3n) is 10.9. The van der Waals surface area contributed by atoms with Crippen LogP contribution in [0.25, 0.3) is 0 Å². The Morgan fingerprint density at radius 1 is 0.606 bits per heavy atom. The molecule has 0 fully saturated rings. The van der Waals surface area contributed by atoms with Crippen LogP contribution in [0.1, 0.15) is 108 Å². The van der Waals surface area contributed by atoms with Crippen molar-refractivity contribution in [3.63, 3.8) is 0 Å². The van der Waals surface area contributed by atoms with Crippen molar-refractivity contribution in [1.29, 1.82) is 0 Å². The average Bonchev–Trinajstić information content (AvgIpc) is 3.24. The van der Waals surface area contributed by atoms with Gasteiger partial charge in [0.1, 0.15) is 18.8 Å². The van der Waals surface area contributed by atoms with Gasteiger partial charge in [-0.15, -0.1) is 0 Å². The minimum absolute atomic E-state index is 0. The Morgan fingerprint density at radius 3 is 1.46 bits per heavy atom. The molecule has 6 N–H and O–H groups in total. The molecule has 1 aliphatic heterocycles. The number of urea groups is 2. The van der Waals surface area contributed by atoms with Crippen molar-refractivity contribution in [1.82, 2.24) is 21.3 Å². The van der Waals surface area contributed by atoms with Gasteiger partial charge in [0, 0.05) is 103 Å². The van der Waals surface area contributed by atoms with E-state index >= 15 is 0 Å². The van der Waals surface area contributed by atoms with E-state index in [1.54, 1.807) is 6.92 Å². The van der Waals surface area contributed by atoms with E-state index in [0.717, 1.165) is 33.4 Å². The fourth-order valence-corrected chi connectivity index (χ4v) is 7.18. The molecule has 2 radical (unpaired) electrons. The number of Topliss-reactive ketones (excluding diaryl/α,β-unsaturated/α-hetero) is 1. The van der Waals surface area contributed by atoms with Crippen LogP contribution in [-0.4, -0.2) is 150 Å². The molecule has 0 bridgehead atoms. The number of aliphatic carboxylic acids is 2. The summed E-state index contributed by atoms with van der Waals surface area (Å²) in [5, 5.41) is 27.1. The van der Waals surface area contributed by atoms with Crippen LogP contribution in [0, 0.1) is 10.8 Å².